The van der Waals surface area contributed by atoms with Gasteiger partial charge in [0.1, 0.15) is 0 Å². The number of halogens is 3. The zero-order valence-corrected chi connectivity index (χ0v) is 8.93. The predicted molar refractivity (Wildman–Crippen MR) is 53.8 cm³/mol. The van der Waals surface area contributed by atoms with E-state index in [2.05, 4.69) is 10.6 Å². The van der Waals surface area contributed by atoms with E-state index in [0.717, 1.165) is 6.54 Å². The molecule has 7 heteroatoms. The number of alkyl halides is 3. The molecule has 0 saturated carbocycles. The summed E-state index contributed by atoms with van der Waals surface area (Å²) in [4.78, 5) is 1.46. The van der Waals surface area contributed by atoms with Crippen molar-refractivity contribution in [2.24, 2.45) is 5.73 Å². The van der Waals surface area contributed by atoms with Crippen LogP contribution in [0.25, 0.3) is 0 Å². The molecule has 2 aliphatic rings. The highest BCUT2D eigenvalue weighted by molar-refractivity contribution is 4.95. The van der Waals surface area contributed by atoms with Crippen LogP contribution in [-0.2, 0) is 0 Å². The second-order valence-corrected chi connectivity index (χ2v) is 4.36. The van der Waals surface area contributed by atoms with Crippen LogP contribution in [0.2, 0.25) is 0 Å². The highest BCUT2D eigenvalue weighted by atomic mass is 19.4. The summed E-state index contributed by atoms with van der Waals surface area (Å²) in [7, 11) is 0. The second kappa shape index (κ2) is 4.48. The van der Waals surface area contributed by atoms with E-state index < -0.39 is 12.3 Å². The van der Waals surface area contributed by atoms with Gasteiger partial charge in [0, 0.05) is 31.7 Å². The monoisotopic (exact) mass is 238 g/mol. The Kier molecular flexibility index (Phi) is 3.39. The molecule has 0 amide bonds. The van der Waals surface area contributed by atoms with Crippen molar-refractivity contribution in [1.29, 1.82) is 0 Å². The molecule has 3 unspecified atom stereocenters. The van der Waals surface area contributed by atoms with Crippen molar-refractivity contribution in [3.05, 3.63) is 0 Å². The Bertz CT molecular complexity index is 245. The van der Waals surface area contributed by atoms with E-state index in [0.29, 0.717) is 26.1 Å². The van der Waals surface area contributed by atoms with E-state index in [4.69, 9.17) is 5.73 Å². The number of nitrogens with zero attached hydrogens (tertiary/aromatic N) is 1. The summed E-state index contributed by atoms with van der Waals surface area (Å²) in [6.45, 7) is 2.12. The van der Waals surface area contributed by atoms with Gasteiger partial charge in [-0.15, -0.1) is 0 Å². The first-order chi connectivity index (χ1) is 7.50. The minimum atomic E-state index is -4.22. The summed E-state index contributed by atoms with van der Waals surface area (Å²) < 4.78 is 38.2. The summed E-state index contributed by atoms with van der Waals surface area (Å²) in [5.74, 6) is 0. The SMILES string of the molecule is NC1CNCCC1N1CCNC1C(F)(F)F. The van der Waals surface area contributed by atoms with E-state index in [1.54, 1.807) is 0 Å². The fraction of sp³-hybridized carbons (Fsp3) is 1.00. The lowest BCUT2D eigenvalue weighted by Gasteiger charge is -2.39. The van der Waals surface area contributed by atoms with Crippen molar-refractivity contribution in [1.82, 2.24) is 15.5 Å². The van der Waals surface area contributed by atoms with Crippen LogP contribution in [-0.4, -0.2) is 55.5 Å². The molecule has 2 saturated heterocycles. The molecule has 0 bridgehead atoms. The molecule has 0 aliphatic carbocycles. The fourth-order valence-corrected chi connectivity index (χ4v) is 2.52. The van der Waals surface area contributed by atoms with Crippen LogP contribution in [0.4, 0.5) is 13.2 Å². The highest BCUT2D eigenvalue weighted by Gasteiger charge is 2.49. The Balaban J connectivity index is 2.07. The first kappa shape index (κ1) is 12.1. The van der Waals surface area contributed by atoms with Gasteiger partial charge in [-0.05, 0) is 13.0 Å². The van der Waals surface area contributed by atoms with Gasteiger partial charge in [-0.2, -0.15) is 13.2 Å². The van der Waals surface area contributed by atoms with E-state index in [1.807, 2.05) is 0 Å². The Morgan fingerprint density at radius 1 is 1.25 bits per heavy atom. The van der Waals surface area contributed by atoms with Crippen LogP contribution in [0.1, 0.15) is 6.42 Å². The van der Waals surface area contributed by atoms with Gasteiger partial charge in [-0.25, -0.2) is 0 Å². The van der Waals surface area contributed by atoms with Crippen molar-refractivity contribution >= 4 is 0 Å². The average Bonchev–Trinajstić information content (AvgIpc) is 2.66. The van der Waals surface area contributed by atoms with Gasteiger partial charge in [0.05, 0.1) is 0 Å². The first-order valence-electron chi connectivity index (χ1n) is 5.52. The molecule has 2 heterocycles. The summed E-state index contributed by atoms with van der Waals surface area (Å²) in [6.07, 6.45) is -5.07. The zero-order chi connectivity index (χ0) is 11.8. The van der Waals surface area contributed by atoms with E-state index in [-0.39, 0.29) is 12.1 Å². The van der Waals surface area contributed by atoms with Gasteiger partial charge >= 0.3 is 6.18 Å². The summed E-state index contributed by atoms with van der Waals surface area (Å²) >= 11 is 0. The van der Waals surface area contributed by atoms with Crippen LogP contribution in [0.15, 0.2) is 0 Å². The Morgan fingerprint density at radius 3 is 2.62 bits per heavy atom. The standard InChI is InChI=1S/C9H17F3N4/c10-9(11,12)8-15-3-4-16(8)7-1-2-14-5-6(7)13/h6-8,14-15H,1-5,13H2. The molecule has 4 N–H and O–H groups in total. The van der Waals surface area contributed by atoms with Gasteiger partial charge in [0.15, 0.2) is 6.17 Å². The maximum absolute atomic E-state index is 12.7. The number of piperidine rings is 1. The maximum atomic E-state index is 12.7. The molecule has 0 radical (unpaired) electrons. The molecular formula is C9H17F3N4. The van der Waals surface area contributed by atoms with Gasteiger partial charge in [0.25, 0.3) is 0 Å². The summed E-state index contributed by atoms with van der Waals surface area (Å²) in [6, 6.07) is -0.402. The van der Waals surface area contributed by atoms with Crippen molar-refractivity contribution in [3.63, 3.8) is 0 Å². The number of nitrogens with two attached hydrogens (primary N) is 1. The van der Waals surface area contributed by atoms with Crippen LogP contribution < -0.4 is 16.4 Å². The maximum Gasteiger partial charge on any atom is 0.417 e. The molecule has 16 heavy (non-hydrogen) atoms. The first-order valence-corrected chi connectivity index (χ1v) is 5.52. The third-order valence-corrected chi connectivity index (χ3v) is 3.27. The summed E-state index contributed by atoms with van der Waals surface area (Å²) in [5.41, 5.74) is 5.87. The van der Waals surface area contributed by atoms with E-state index in [1.165, 1.54) is 4.90 Å². The minimum Gasteiger partial charge on any atom is -0.325 e. The number of rotatable bonds is 1. The molecular weight excluding hydrogens is 221 g/mol. The molecule has 2 aliphatic heterocycles. The third kappa shape index (κ3) is 2.32. The molecule has 0 aromatic rings. The number of nitrogens with one attached hydrogen (secondary N) is 2. The molecule has 4 nitrogen and oxygen atoms in total. The van der Waals surface area contributed by atoms with Crippen LogP contribution in [0.3, 0.4) is 0 Å². The molecule has 0 spiro atoms. The predicted octanol–water partition coefficient (Wildman–Crippen LogP) is -0.531. The molecule has 94 valence electrons. The quantitative estimate of drug-likeness (QED) is 0.575. The molecule has 0 aromatic heterocycles. The lowest BCUT2D eigenvalue weighted by Crippen LogP contribution is -2.61. The van der Waals surface area contributed by atoms with Gasteiger partial charge in [0.2, 0.25) is 0 Å². The normalized spacial score (nSPS) is 37.9. The lowest BCUT2D eigenvalue weighted by atomic mass is 9.99. The Hall–Kier alpha value is -0.370. The Labute approximate surface area is 92.3 Å². The third-order valence-electron chi connectivity index (χ3n) is 3.27. The topological polar surface area (TPSA) is 53.3 Å². The second-order valence-electron chi connectivity index (χ2n) is 4.36. The minimum absolute atomic E-state index is 0.178. The van der Waals surface area contributed by atoms with Crippen LogP contribution in [0.5, 0.6) is 0 Å². The molecule has 3 atom stereocenters. The van der Waals surface area contributed by atoms with Crippen LogP contribution >= 0.6 is 0 Å². The van der Waals surface area contributed by atoms with Gasteiger partial charge in [-0.3, -0.25) is 10.2 Å². The van der Waals surface area contributed by atoms with Crippen molar-refractivity contribution in [2.45, 2.75) is 30.8 Å². The lowest BCUT2D eigenvalue weighted by molar-refractivity contribution is -0.188. The highest BCUT2D eigenvalue weighted by Crippen LogP contribution is 2.28. The molecule has 0 aromatic carbocycles. The van der Waals surface area contributed by atoms with Gasteiger partial charge in [-0.1, -0.05) is 0 Å². The van der Waals surface area contributed by atoms with Crippen molar-refractivity contribution < 1.29 is 13.2 Å². The smallest absolute Gasteiger partial charge is 0.325 e. The fourth-order valence-electron chi connectivity index (χ4n) is 2.52. The summed E-state index contributed by atoms with van der Waals surface area (Å²) in [5, 5.41) is 5.58. The zero-order valence-electron chi connectivity index (χ0n) is 8.93. The molecule has 2 rings (SSSR count). The molecule has 2 fully saturated rings. The van der Waals surface area contributed by atoms with Gasteiger partial charge < -0.3 is 11.1 Å². The average molecular weight is 238 g/mol. The van der Waals surface area contributed by atoms with E-state index >= 15 is 0 Å². The van der Waals surface area contributed by atoms with Crippen molar-refractivity contribution in [3.8, 4) is 0 Å². The number of hydrogen-bond donors (Lipinski definition) is 3. The number of hydrogen-bond acceptors (Lipinski definition) is 4. The largest absolute Gasteiger partial charge is 0.417 e. The van der Waals surface area contributed by atoms with E-state index in [9.17, 15) is 13.2 Å². The van der Waals surface area contributed by atoms with Crippen molar-refractivity contribution in [2.75, 3.05) is 26.2 Å². The van der Waals surface area contributed by atoms with Crippen LogP contribution in [0, 0.1) is 0 Å². The Morgan fingerprint density at radius 2 is 2.00 bits per heavy atom.